The van der Waals surface area contributed by atoms with E-state index in [1.54, 1.807) is 0 Å². The summed E-state index contributed by atoms with van der Waals surface area (Å²) in [5.74, 6) is -0.276. The minimum absolute atomic E-state index is 0.0396. The summed E-state index contributed by atoms with van der Waals surface area (Å²) in [6.07, 6.45) is 4.52. The Morgan fingerprint density at radius 3 is 2.48 bits per heavy atom. The molecule has 0 heterocycles. The highest BCUT2D eigenvalue weighted by atomic mass is 35.5. The number of nitrogens with one attached hydrogen (secondary N) is 3. The molecule has 0 bridgehead atoms. The fourth-order valence-corrected chi connectivity index (χ4v) is 3.93. The average molecular weight is 414 g/mol. The number of rotatable bonds is 6. The van der Waals surface area contributed by atoms with Gasteiger partial charge in [-0.25, -0.2) is 4.79 Å². The van der Waals surface area contributed by atoms with Gasteiger partial charge in [0.2, 0.25) is 5.91 Å². The quantitative estimate of drug-likeness (QED) is 0.630. The summed E-state index contributed by atoms with van der Waals surface area (Å²) in [6.45, 7) is 2.48. The third-order valence-corrected chi connectivity index (χ3v) is 5.82. The van der Waals surface area contributed by atoms with Gasteiger partial charge >= 0.3 is 6.03 Å². The van der Waals surface area contributed by atoms with Crippen LogP contribution in [0.15, 0.2) is 48.5 Å². The van der Waals surface area contributed by atoms with Gasteiger partial charge in [-0.15, -0.1) is 0 Å². The molecule has 2 aromatic carbocycles. The van der Waals surface area contributed by atoms with E-state index in [-0.39, 0.29) is 23.9 Å². The van der Waals surface area contributed by atoms with Crippen molar-refractivity contribution >= 4 is 29.2 Å². The monoisotopic (exact) mass is 413 g/mol. The first-order valence-corrected chi connectivity index (χ1v) is 10.6. The zero-order valence-corrected chi connectivity index (χ0v) is 17.5. The molecule has 29 heavy (non-hydrogen) atoms. The van der Waals surface area contributed by atoms with Gasteiger partial charge in [-0.2, -0.15) is 0 Å². The van der Waals surface area contributed by atoms with Gasteiger partial charge in [-0.3, -0.25) is 4.79 Å². The van der Waals surface area contributed by atoms with Crippen LogP contribution in [-0.2, 0) is 17.8 Å². The topological polar surface area (TPSA) is 70.2 Å². The lowest BCUT2D eigenvalue weighted by atomic mass is 9.84. The van der Waals surface area contributed by atoms with Crippen molar-refractivity contribution in [2.45, 2.75) is 51.6 Å². The lowest BCUT2D eigenvalue weighted by molar-refractivity contribution is -0.126. The third-order valence-electron chi connectivity index (χ3n) is 5.45. The number of urea groups is 1. The van der Waals surface area contributed by atoms with Crippen LogP contribution >= 0.6 is 11.6 Å². The Labute approximate surface area is 177 Å². The van der Waals surface area contributed by atoms with E-state index >= 15 is 0 Å². The van der Waals surface area contributed by atoms with Crippen molar-refractivity contribution in [3.63, 3.8) is 0 Å². The molecule has 1 fully saturated rings. The molecular weight excluding hydrogens is 386 g/mol. The molecule has 2 atom stereocenters. The maximum atomic E-state index is 12.8. The van der Waals surface area contributed by atoms with E-state index in [9.17, 15) is 9.59 Å². The summed E-state index contributed by atoms with van der Waals surface area (Å²) in [7, 11) is 0. The van der Waals surface area contributed by atoms with E-state index in [4.69, 9.17) is 11.6 Å². The Bertz CT molecular complexity index is 838. The minimum atomic E-state index is -0.273. The Kier molecular flexibility index (Phi) is 7.53. The molecule has 1 aliphatic carbocycles. The predicted octanol–water partition coefficient (Wildman–Crippen LogP) is 4.90. The molecule has 3 rings (SSSR count). The largest absolute Gasteiger partial charge is 0.352 e. The fraction of sp³-hybridized carbons (Fsp3) is 0.391. The van der Waals surface area contributed by atoms with Crippen LogP contribution in [0.4, 0.5) is 10.5 Å². The van der Waals surface area contributed by atoms with Crippen LogP contribution in [-0.4, -0.2) is 18.0 Å². The SMILES string of the molecule is CCc1ccc(NC(=O)N[C@H]2CCCC[C@@H]2C(=O)NCc2ccccc2Cl)cc1. The molecule has 0 aromatic heterocycles. The van der Waals surface area contributed by atoms with Gasteiger partial charge in [0.1, 0.15) is 0 Å². The number of benzene rings is 2. The number of anilines is 1. The average Bonchev–Trinajstić information content (AvgIpc) is 2.74. The zero-order chi connectivity index (χ0) is 20.6. The van der Waals surface area contributed by atoms with E-state index in [0.717, 1.165) is 43.4 Å². The number of aryl methyl sites for hydroxylation is 1. The lowest BCUT2D eigenvalue weighted by Gasteiger charge is -2.31. The highest BCUT2D eigenvalue weighted by Crippen LogP contribution is 2.25. The molecule has 1 aliphatic rings. The summed E-state index contributed by atoms with van der Waals surface area (Å²) in [6, 6.07) is 14.8. The molecule has 3 amide bonds. The molecule has 1 saturated carbocycles. The van der Waals surface area contributed by atoms with Crippen molar-refractivity contribution in [3.05, 3.63) is 64.7 Å². The van der Waals surface area contributed by atoms with Crippen LogP contribution < -0.4 is 16.0 Å². The van der Waals surface area contributed by atoms with Crippen molar-refractivity contribution in [1.82, 2.24) is 10.6 Å². The second-order valence-corrected chi connectivity index (χ2v) is 7.86. The molecule has 0 spiro atoms. The van der Waals surface area contributed by atoms with E-state index in [0.29, 0.717) is 11.6 Å². The van der Waals surface area contributed by atoms with E-state index in [1.165, 1.54) is 5.56 Å². The molecule has 0 saturated heterocycles. The zero-order valence-electron chi connectivity index (χ0n) is 16.7. The molecule has 154 valence electrons. The van der Waals surface area contributed by atoms with Crippen molar-refractivity contribution in [3.8, 4) is 0 Å². The Morgan fingerprint density at radius 1 is 1.03 bits per heavy atom. The van der Waals surface area contributed by atoms with Crippen LogP contribution in [0.2, 0.25) is 5.02 Å². The number of carbonyl (C=O) groups excluding carboxylic acids is 2. The molecule has 0 aliphatic heterocycles. The lowest BCUT2D eigenvalue weighted by Crippen LogP contribution is -2.49. The Morgan fingerprint density at radius 2 is 1.76 bits per heavy atom. The van der Waals surface area contributed by atoms with Crippen molar-refractivity contribution in [1.29, 1.82) is 0 Å². The molecule has 2 aromatic rings. The van der Waals surface area contributed by atoms with E-state index in [1.807, 2.05) is 48.5 Å². The van der Waals surface area contributed by atoms with Crippen molar-refractivity contribution < 1.29 is 9.59 Å². The first kappa shape index (κ1) is 21.2. The van der Waals surface area contributed by atoms with Gasteiger partial charge in [0.25, 0.3) is 0 Å². The van der Waals surface area contributed by atoms with Gasteiger partial charge in [-0.05, 0) is 48.6 Å². The number of hydrogen-bond donors (Lipinski definition) is 3. The molecular formula is C23H28ClN3O2. The summed E-state index contributed by atoms with van der Waals surface area (Å²) in [4.78, 5) is 25.2. The highest BCUT2D eigenvalue weighted by Gasteiger charge is 2.32. The highest BCUT2D eigenvalue weighted by molar-refractivity contribution is 6.31. The number of halogens is 1. The van der Waals surface area contributed by atoms with Crippen molar-refractivity contribution in [2.75, 3.05) is 5.32 Å². The second-order valence-electron chi connectivity index (χ2n) is 7.46. The molecule has 6 heteroatoms. The number of carbonyl (C=O) groups is 2. The third kappa shape index (κ3) is 5.97. The summed E-state index contributed by atoms with van der Waals surface area (Å²) >= 11 is 6.17. The van der Waals surface area contributed by atoms with Gasteiger partial charge in [0.15, 0.2) is 0 Å². The molecule has 5 nitrogen and oxygen atoms in total. The van der Waals surface area contributed by atoms with Crippen LogP contribution in [0.5, 0.6) is 0 Å². The second kappa shape index (κ2) is 10.3. The predicted molar refractivity (Wildman–Crippen MR) is 117 cm³/mol. The van der Waals surface area contributed by atoms with Gasteiger partial charge in [0.05, 0.1) is 5.92 Å². The van der Waals surface area contributed by atoms with E-state index in [2.05, 4.69) is 22.9 Å². The Hall–Kier alpha value is -2.53. The van der Waals surface area contributed by atoms with E-state index < -0.39 is 0 Å². The van der Waals surface area contributed by atoms with Crippen molar-refractivity contribution in [2.24, 2.45) is 5.92 Å². The fourth-order valence-electron chi connectivity index (χ4n) is 3.73. The van der Waals surface area contributed by atoms with Crippen LogP contribution in [0.3, 0.4) is 0 Å². The first-order chi connectivity index (χ1) is 14.1. The molecule has 0 unspecified atom stereocenters. The van der Waals surface area contributed by atoms with Gasteiger partial charge < -0.3 is 16.0 Å². The van der Waals surface area contributed by atoms with Crippen LogP contribution in [0, 0.1) is 5.92 Å². The smallest absolute Gasteiger partial charge is 0.319 e. The maximum Gasteiger partial charge on any atom is 0.319 e. The summed E-state index contributed by atoms with van der Waals surface area (Å²) in [5, 5.41) is 9.48. The minimum Gasteiger partial charge on any atom is -0.352 e. The molecule has 3 N–H and O–H groups in total. The first-order valence-electron chi connectivity index (χ1n) is 10.2. The number of amides is 3. The number of hydrogen-bond acceptors (Lipinski definition) is 2. The van der Waals surface area contributed by atoms with Crippen LogP contribution in [0.25, 0.3) is 0 Å². The normalized spacial score (nSPS) is 18.7. The van der Waals surface area contributed by atoms with Gasteiger partial charge in [-0.1, -0.05) is 61.7 Å². The summed E-state index contributed by atoms with van der Waals surface area (Å²) < 4.78 is 0. The summed E-state index contributed by atoms with van der Waals surface area (Å²) in [5.41, 5.74) is 2.85. The van der Waals surface area contributed by atoms with Gasteiger partial charge in [0, 0.05) is 23.3 Å². The Balaban J connectivity index is 1.56. The maximum absolute atomic E-state index is 12.8. The standard InChI is InChI=1S/C23H28ClN3O2/c1-2-16-11-13-18(14-12-16)26-23(29)27-21-10-6-4-8-19(21)22(28)25-15-17-7-3-5-9-20(17)24/h3,5,7,9,11-14,19,21H,2,4,6,8,10,15H2,1H3,(H,25,28)(H2,26,27,29)/t19-,21-/m0/s1. The molecule has 0 radical (unpaired) electrons. The van der Waals surface area contributed by atoms with Crippen LogP contribution in [0.1, 0.15) is 43.7 Å².